The van der Waals surface area contributed by atoms with Crippen LogP contribution in [0.25, 0.3) is 0 Å². The molecule has 2 aromatic carbocycles. The number of nitrogens with one attached hydrogen (secondary N) is 2. The van der Waals surface area contributed by atoms with E-state index in [1.54, 1.807) is 6.07 Å². The minimum absolute atomic E-state index is 0.0125. The normalized spacial score (nSPS) is 11.3. The molecule has 2 aromatic rings. The quantitative estimate of drug-likeness (QED) is 0.523. The number of alkyl halides is 5. The van der Waals surface area contributed by atoms with E-state index in [9.17, 15) is 26.7 Å². The molecule has 10 heteroatoms. The smallest absolute Gasteiger partial charge is 0.434 e. The Labute approximate surface area is 149 Å². The molecule has 0 aliphatic rings. The van der Waals surface area contributed by atoms with Gasteiger partial charge in [0.1, 0.15) is 5.75 Å². The number of thioether (sulfide) groups is 1. The van der Waals surface area contributed by atoms with Gasteiger partial charge in [0.15, 0.2) is 0 Å². The van der Waals surface area contributed by atoms with E-state index in [1.807, 2.05) is 0 Å². The topological polar surface area (TPSA) is 50.4 Å². The van der Waals surface area contributed by atoms with Crippen molar-refractivity contribution in [1.82, 2.24) is 5.32 Å². The fourth-order valence-electron chi connectivity index (χ4n) is 1.95. The number of halogens is 5. The Bertz CT molecular complexity index is 738. The number of urea groups is 1. The Morgan fingerprint density at radius 3 is 2.35 bits per heavy atom. The zero-order chi connectivity index (χ0) is 19.2. The largest absolute Gasteiger partial charge is 0.446 e. The summed E-state index contributed by atoms with van der Waals surface area (Å²) >= 11 is -0.261. The van der Waals surface area contributed by atoms with Gasteiger partial charge in [0.2, 0.25) is 0 Å². The first-order valence-corrected chi connectivity index (χ1v) is 7.98. The number of carbonyl (C=O) groups excluding carboxylic acids is 1. The molecule has 0 aliphatic heterocycles. The molecular formula is C16H13F5N2O2S. The van der Waals surface area contributed by atoms with Gasteiger partial charge in [-0.1, -0.05) is 18.2 Å². The third kappa shape index (κ3) is 6.79. The predicted octanol–water partition coefficient (Wildman–Crippen LogP) is 5.22. The van der Waals surface area contributed by atoms with Gasteiger partial charge in [0.25, 0.3) is 0 Å². The van der Waals surface area contributed by atoms with Gasteiger partial charge in [-0.25, -0.2) is 4.79 Å². The number of hydrogen-bond acceptors (Lipinski definition) is 3. The van der Waals surface area contributed by atoms with Crippen molar-refractivity contribution in [2.24, 2.45) is 0 Å². The zero-order valence-corrected chi connectivity index (χ0v) is 13.8. The van der Waals surface area contributed by atoms with E-state index in [0.717, 1.165) is 0 Å². The summed E-state index contributed by atoms with van der Waals surface area (Å²) in [6.07, 6.45) is 0. The van der Waals surface area contributed by atoms with Crippen molar-refractivity contribution in [2.75, 3.05) is 5.32 Å². The summed E-state index contributed by atoms with van der Waals surface area (Å²) < 4.78 is 65.8. The summed E-state index contributed by atoms with van der Waals surface area (Å²) in [5, 5.41) is 4.89. The maximum Gasteiger partial charge on any atom is 0.446 e. The molecule has 0 fully saturated rings. The van der Waals surface area contributed by atoms with E-state index < -0.39 is 18.2 Å². The monoisotopic (exact) mass is 392 g/mol. The Morgan fingerprint density at radius 1 is 1.08 bits per heavy atom. The summed E-state index contributed by atoms with van der Waals surface area (Å²) in [6.45, 7) is -3.06. The molecule has 2 rings (SSSR count). The van der Waals surface area contributed by atoms with Gasteiger partial charge >= 0.3 is 18.2 Å². The Balaban J connectivity index is 1.89. The van der Waals surface area contributed by atoms with Crippen LogP contribution in [0.1, 0.15) is 5.56 Å². The van der Waals surface area contributed by atoms with E-state index in [4.69, 9.17) is 0 Å². The highest BCUT2D eigenvalue weighted by Crippen LogP contribution is 2.37. The number of benzene rings is 2. The van der Waals surface area contributed by atoms with Gasteiger partial charge < -0.3 is 15.4 Å². The molecule has 0 atom stereocenters. The Hall–Kier alpha value is -2.49. The molecule has 4 nitrogen and oxygen atoms in total. The highest BCUT2D eigenvalue weighted by molar-refractivity contribution is 8.00. The highest BCUT2D eigenvalue weighted by Gasteiger charge is 2.29. The van der Waals surface area contributed by atoms with Gasteiger partial charge in [-0.2, -0.15) is 22.0 Å². The third-order valence-electron chi connectivity index (χ3n) is 2.97. The number of hydrogen-bond donors (Lipinski definition) is 2. The lowest BCUT2D eigenvalue weighted by molar-refractivity contribution is -0.0505. The molecule has 0 bridgehead atoms. The van der Waals surface area contributed by atoms with Gasteiger partial charge in [0.05, 0.1) is 0 Å². The number of carbonyl (C=O) groups is 1. The van der Waals surface area contributed by atoms with Crippen molar-refractivity contribution in [1.29, 1.82) is 0 Å². The van der Waals surface area contributed by atoms with Crippen LogP contribution in [0.5, 0.6) is 5.75 Å². The molecule has 0 radical (unpaired) electrons. The molecule has 2 N–H and O–H groups in total. The van der Waals surface area contributed by atoms with E-state index in [2.05, 4.69) is 15.4 Å². The number of ether oxygens (including phenoxy) is 1. The number of para-hydroxylation sites is 1. The van der Waals surface area contributed by atoms with Crippen molar-refractivity contribution in [3.05, 3.63) is 54.1 Å². The van der Waals surface area contributed by atoms with Crippen LogP contribution in [0.3, 0.4) is 0 Å². The molecular weight excluding hydrogens is 379 g/mol. The molecule has 0 aliphatic carbocycles. The second-order valence-electron chi connectivity index (χ2n) is 4.87. The maximum atomic E-state index is 12.3. The van der Waals surface area contributed by atoms with Gasteiger partial charge in [-0.15, -0.1) is 0 Å². The fraction of sp³-hybridized carbons (Fsp3) is 0.188. The molecule has 0 unspecified atom stereocenters. The fourth-order valence-corrected chi connectivity index (χ4v) is 2.49. The Morgan fingerprint density at radius 2 is 1.73 bits per heavy atom. The summed E-state index contributed by atoms with van der Waals surface area (Å²) in [7, 11) is 0. The van der Waals surface area contributed by atoms with Crippen LogP contribution in [0.15, 0.2) is 53.4 Å². The van der Waals surface area contributed by atoms with Gasteiger partial charge in [-0.3, -0.25) is 0 Å². The SMILES string of the molecule is O=C(NCc1ccccc1OC(F)F)Nc1ccc(SC(F)(F)F)cc1. The van der Waals surface area contributed by atoms with Crippen LogP contribution in [0, 0.1) is 0 Å². The average Bonchev–Trinajstić information content (AvgIpc) is 2.54. The third-order valence-corrected chi connectivity index (χ3v) is 3.71. The minimum atomic E-state index is -4.39. The van der Waals surface area contributed by atoms with E-state index in [-0.39, 0.29) is 34.6 Å². The predicted molar refractivity (Wildman–Crippen MR) is 87.3 cm³/mol. The van der Waals surface area contributed by atoms with Crippen LogP contribution < -0.4 is 15.4 Å². The van der Waals surface area contributed by atoms with Crippen molar-refractivity contribution in [2.45, 2.75) is 23.6 Å². The lowest BCUT2D eigenvalue weighted by Gasteiger charge is -2.12. The second kappa shape index (κ2) is 8.75. The number of rotatable bonds is 6. The number of amides is 2. The molecule has 140 valence electrons. The minimum Gasteiger partial charge on any atom is -0.434 e. The molecule has 2 amide bonds. The zero-order valence-electron chi connectivity index (χ0n) is 13.0. The van der Waals surface area contributed by atoms with Crippen LogP contribution in [-0.4, -0.2) is 18.2 Å². The first-order chi connectivity index (χ1) is 12.2. The van der Waals surface area contributed by atoms with Crippen molar-refractivity contribution >= 4 is 23.5 Å². The van der Waals surface area contributed by atoms with E-state index in [1.165, 1.54) is 42.5 Å². The Kier molecular flexibility index (Phi) is 6.67. The van der Waals surface area contributed by atoms with Crippen LogP contribution in [-0.2, 0) is 6.54 Å². The summed E-state index contributed by atoms with van der Waals surface area (Å²) in [6, 6.07) is 10.4. The van der Waals surface area contributed by atoms with E-state index >= 15 is 0 Å². The maximum absolute atomic E-state index is 12.3. The van der Waals surface area contributed by atoms with Crippen molar-refractivity contribution in [3.8, 4) is 5.75 Å². The molecule has 0 saturated carbocycles. The van der Waals surface area contributed by atoms with Gasteiger partial charge in [-0.05, 0) is 42.1 Å². The van der Waals surface area contributed by atoms with Crippen molar-refractivity contribution in [3.63, 3.8) is 0 Å². The standard InChI is InChI=1S/C16H13F5N2O2S/c17-14(18)25-13-4-2-1-3-10(13)9-22-15(24)23-11-5-7-12(8-6-11)26-16(19,20)21/h1-8,14H,9H2,(H2,22,23,24). The summed E-state index contributed by atoms with van der Waals surface area (Å²) in [4.78, 5) is 11.8. The molecule has 0 spiro atoms. The van der Waals surface area contributed by atoms with Crippen LogP contribution in [0.2, 0.25) is 0 Å². The molecule has 0 aromatic heterocycles. The van der Waals surface area contributed by atoms with Gasteiger partial charge in [0, 0.05) is 22.7 Å². The summed E-state index contributed by atoms with van der Waals surface area (Å²) in [5.74, 6) is -0.0590. The van der Waals surface area contributed by atoms with Crippen LogP contribution >= 0.6 is 11.8 Å². The highest BCUT2D eigenvalue weighted by atomic mass is 32.2. The lowest BCUT2D eigenvalue weighted by Crippen LogP contribution is -2.28. The first kappa shape index (κ1) is 19.8. The molecule has 26 heavy (non-hydrogen) atoms. The second-order valence-corrected chi connectivity index (χ2v) is 6.00. The first-order valence-electron chi connectivity index (χ1n) is 7.16. The molecule has 0 saturated heterocycles. The average molecular weight is 392 g/mol. The molecule has 0 heterocycles. The van der Waals surface area contributed by atoms with E-state index in [0.29, 0.717) is 5.56 Å². The summed E-state index contributed by atoms with van der Waals surface area (Å²) in [5.41, 5.74) is -3.76. The lowest BCUT2D eigenvalue weighted by atomic mass is 10.2. The van der Waals surface area contributed by atoms with Crippen LogP contribution in [0.4, 0.5) is 32.4 Å². The number of anilines is 1. The van der Waals surface area contributed by atoms with Crippen molar-refractivity contribution < 1.29 is 31.5 Å².